The van der Waals surface area contributed by atoms with E-state index < -0.39 is 4.92 Å². The third-order valence-electron chi connectivity index (χ3n) is 2.37. The number of nitro groups is 1. The van der Waals surface area contributed by atoms with Crippen LogP contribution >= 0.6 is 0 Å². The van der Waals surface area contributed by atoms with Gasteiger partial charge in [0.2, 0.25) is 0 Å². The number of nitrogens with one attached hydrogen (secondary N) is 1. The molecular formula is C11H12N4O4. The number of aromatic nitrogens is 2. The molecule has 0 radical (unpaired) electrons. The van der Waals surface area contributed by atoms with Crippen molar-refractivity contribution in [1.82, 2.24) is 15.1 Å². The maximum absolute atomic E-state index is 11.5. The van der Waals surface area contributed by atoms with Crippen LogP contribution in [0.5, 0.6) is 0 Å². The topological polar surface area (TPSA) is 103 Å². The SMILES string of the molecule is CCNC(=O)c1ccc(Cn2cc([N+](=O)[O-])cn2)o1. The molecule has 0 aromatic carbocycles. The van der Waals surface area contributed by atoms with Gasteiger partial charge < -0.3 is 9.73 Å². The van der Waals surface area contributed by atoms with E-state index in [0.717, 1.165) is 6.20 Å². The number of hydrogen-bond acceptors (Lipinski definition) is 5. The molecule has 0 spiro atoms. The fourth-order valence-electron chi connectivity index (χ4n) is 1.53. The molecule has 0 aliphatic carbocycles. The fourth-order valence-corrected chi connectivity index (χ4v) is 1.53. The molecule has 2 aromatic rings. The summed E-state index contributed by atoms with van der Waals surface area (Å²) in [6.45, 7) is 2.55. The summed E-state index contributed by atoms with van der Waals surface area (Å²) >= 11 is 0. The molecule has 1 amide bonds. The van der Waals surface area contributed by atoms with E-state index in [4.69, 9.17) is 4.42 Å². The molecule has 0 bridgehead atoms. The Morgan fingerprint density at radius 3 is 3.00 bits per heavy atom. The summed E-state index contributed by atoms with van der Waals surface area (Å²) < 4.78 is 6.70. The smallest absolute Gasteiger partial charge is 0.307 e. The molecule has 0 fully saturated rings. The van der Waals surface area contributed by atoms with Gasteiger partial charge in [-0.3, -0.25) is 19.6 Å². The highest BCUT2D eigenvalue weighted by atomic mass is 16.6. The molecule has 1 N–H and O–H groups in total. The van der Waals surface area contributed by atoms with Crippen LogP contribution in [0.25, 0.3) is 0 Å². The van der Waals surface area contributed by atoms with E-state index in [2.05, 4.69) is 10.4 Å². The lowest BCUT2D eigenvalue weighted by molar-refractivity contribution is -0.385. The van der Waals surface area contributed by atoms with E-state index in [1.807, 2.05) is 6.92 Å². The lowest BCUT2D eigenvalue weighted by Gasteiger charge is -1.98. The number of rotatable bonds is 5. The van der Waals surface area contributed by atoms with Crippen LogP contribution in [0.3, 0.4) is 0 Å². The molecule has 0 saturated heterocycles. The Bertz CT molecular complexity index is 601. The number of amides is 1. The summed E-state index contributed by atoms with van der Waals surface area (Å²) in [5.41, 5.74) is -0.0875. The van der Waals surface area contributed by atoms with E-state index in [1.54, 1.807) is 12.1 Å². The number of carbonyl (C=O) groups excluding carboxylic acids is 1. The first kappa shape index (κ1) is 12.8. The summed E-state index contributed by atoms with van der Waals surface area (Å²) in [6, 6.07) is 3.19. The van der Waals surface area contributed by atoms with Crippen molar-refractivity contribution in [2.45, 2.75) is 13.5 Å². The minimum absolute atomic E-state index is 0.0875. The Balaban J connectivity index is 2.06. The molecule has 2 aromatic heterocycles. The van der Waals surface area contributed by atoms with Gasteiger partial charge >= 0.3 is 5.69 Å². The molecule has 2 rings (SSSR count). The second-order valence-electron chi connectivity index (χ2n) is 3.78. The second-order valence-corrected chi connectivity index (χ2v) is 3.78. The van der Waals surface area contributed by atoms with Crippen LogP contribution in [-0.4, -0.2) is 27.2 Å². The Kier molecular flexibility index (Phi) is 3.60. The van der Waals surface area contributed by atoms with E-state index in [-0.39, 0.29) is 23.9 Å². The quantitative estimate of drug-likeness (QED) is 0.645. The lowest BCUT2D eigenvalue weighted by atomic mass is 10.4. The van der Waals surface area contributed by atoms with Crippen molar-refractivity contribution in [3.8, 4) is 0 Å². The zero-order valence-corrected chi connectivity index (χ0v) is 10.2. The molecule has 0 atom stereocenters. The molecule has 8 heteroatoms. The van der Waals surface area contributed by atoms with E-state index >= 15 is 0 Å². The van der Waals surface area contributed by atoms with Crippen molar-refractivity contribution >= 4 is 11.6 Å². The summed E-state index contributed by atoms with van der Waals surface area (Å²) in [7, 11) is 0. The van der Waals surface area contributed by atoms with Crippen LogP contribution in [0.2, 0.25) is 0 Å². The summed E-state index contributed by atoms with van der Waals surface area (Å²) in [4.78, 5) is 21.5. The Labute approximate surface area is 108 Å². The van der Waals surface area contributed by atoms with Crippen molar-refractivity contribution in [1.29, 1.82) is 0 Å². The largest absolute Gasteiger partial charge is 0.454 e. The Morgan fingerprint density at radius 2 is 2.37 bits per heavy atom. The first-order chi connectivity index (χ1) is 9.10. The maximum atomic E-state index is 11.5. The van der Waals surface area contributed by atoms with Gasteiger partial charge in [-0.25, -0.2) is 0 Å². The Morgan fingerprint density at radius 1 is 1.58 bits per heavy atom. The van der Waals surface area contributed by atoms with Crippen LogP contribution in [0.15, 0.2) is 28.9 Å². The lowest BCUT2D eigenvalue weighted by Crippen LogP contribution is -2.21. The molecular weight excluding hydrogens is 252 g/mol. The summed E-state index contributed by atoms with van der Waals surface area (Å²) in [6.07, 6.45) is 2.46. The van der Waals surface area contributed by atoms with Crippen molar-refractivity contribution < 1.29 is 14.1 Å². The molecule has 0 aliphatic rings. The predicted octanol–water partition coefficient (Wildman–Crippen LogP) is 1.18. The average molecular weight is 264 g/mol. The number of nitrogens with zero attached hydrogens (tertiary/aromatic N) is 3. The average Bonchev–Trinajstić information content (AvgIpc) is 2.99. The molecule has 8 nitrogen and oxygen atoms in total. The Hall–Kier alpha value is -2.64. The molecule has 0 saturated carbocycles. The summed E-state index contributed by atoms with van der Waals surface area (Å²) in [5.74, 6) is 0.415. The number of hydrogen-bond donors (Lipinski definition) is 1. The third-order valence-corrected chi connectivity index (χ3v) is 2.37. The van der Waals surface area contributed by atoms with E-state index in [0.29, 0.717) is 12.3 Å². The highest BCUT2D eigenvalue weighted by molar-refractivity contribution is 5.91. The van der Waals surface area contributed by atoms with Gasteiger partial charge in [-0.1, -0.05) is 0 Å². The van der Waals surface area contributed by atoms with Gasteiger partial charge in [0.1, 0.15) is 18.2 Å². The van der Waals surface area contributed by atoms with E-state index in [1.165, 1.54) is 10.9 Å². The molecule has 100 valence electrons. The maximum Gasteiger partial charge on any atom is 0.307 e. The molecule has 0 aliphatic heterocycles. The van der Waals surface area contributed by atoms with Gasteiger partial charge in [0.25, 0.3) is 5.91 Å². The first-order valence-electron chi connectivity index (χ1n) is 5.64. The van der Waals surface area contributed by atoms with Crippen LogP contribution in [0.4, 0.5) is 5.69 Å². The van der Waals surface area contributed by atoms with Crippen molar-refractivity contribution in [3.05, 3.63) is 46.2 Å². The minimum Gasteiger partial charge on any atom is -0.454 e. The van der Waals surface area contributed by atoms with Crippen molar-refractivity contribution in [3.63, 3.8) is 0 Å². The summed E-state index contributed by atoms with van der Waals surface area (Å²) in [5, 5.41) is 17.0. The normalized spacial score (nSPS) is 10.4. The van der Waals surface area contributed by atoms with Crippen LogP contribution in [0.1, 0.15) is 23.2 Å². The van der Waals surface area contributed by atoms with Crippen molar-refractivity contribution in [2.75, 3.05) is 6.54 Å². The fraction of sp³-hybridized carbons (Fsp3) is 0.273. The van der Waals surface area contributed by atoms with Crippen LogP contribution in [0, 0.1) is 10.1 Å². The predicted molar refractivity (Wildman–Crippen MR) is 64.7 cm³/mol. The van der Waals surface area contributed by atoms with Crippen molar-refractivity contribution in [2.24, 2.45) is 0 Å². The highest BCUT2D eigenvalue weighted by Gasteiger charge is 2.12. The zero-order chi connectivity index (χ0) is 13.8. The third kappa shape index (κ3) is 2.97. The molecule has 19 heavy (non-hydrogen) atoms. The minimum atomic E-state index is -0.522. The van der Waals surface area contributed by atoms with Gasteiger partial charge in [0.05, 0.1) is 11.5 Å². The van der Waals surface area contributed by atoms with Gasteiger partial charge in [0.15, 0.2) is 5.76 Å². The second kappa shape index (κ2) is 5.34. The zero-order valence-electron chi connectivity index (χ0n) is 10.2. The standard InChI is InChI=1S/C11H12N4O4/c1-2-12-11(16)10-4-3-9(19-10)7-14-6-8(5-13-14)15(17)18/h3-6H,2,7H2,1H3,(H,12,16). The van der Waals surface area contributed by atoms with Gasteiger partial charge in [-0.15, -0.1) is 0 Å². The molecule has 0 unspecified atom stereocenters. The van der Waals surface area contributed by atoms with Gasteiger partial charge in [-0.05, 0) is 19.1 Å². The van der Waals surface area contributed by atoms with Crippen LogP contribution in [-0.2, 0) is 6.54 Å². The molecule has 2 heterocycles. The number of furan rings is 1. The van der Waals surface area contributed by atoms with Gasteiger partial charge in [-0.2, -0.15) is 5.10 Å². The highest BCUT2D eigenvalue weighted by Crippen LogP contribution is 2.12. The number of carbonyl (C=O) groups is 1. The van der Waals surface area contributed by atoms with Gasteiger partial charge in [0, 0.05) is 6.54 Å². The monoisotopic (exact) mass is 264 g/mol. The van der Waals surface area contributed by atoms with E-state index in [9.17, 15) is 14.9 Å². The first-order valence-corrected chi connectivity index (χ1v) is 5.64. The van der Waals surface area contributed by atoms with Crippen LogP contribution < -0.4 is 5.32 Å².